The van der Waals surface area contributed by atoms with E-state index in [-0.39, 0.29) is 11.6 Å². The third-order valence-corrected chi connectivity index (χ3v) is 3.24. The zero-order valence-electron chi connectivity index (χ0n) is 11.1. The fourth-order valence-electron chi connectivity index (χ4n) is 1.89. The molecule has 0 atom stereocenters. The zero-order valence-corrected chi connectivity index (χ0v) is 11.1. The Kier molecular flexibility index (Phi) is 5.71. The molecule has 1 rings (SSSR count). The van der Waals surface area contributed by atoms with Crippen molar-refractivity contribution in [1.82, 2.24) is 16.0 Å². The maximum absolute atomic E-state index is 11.6. The van der Waals surface area contributed by atoms with Crippen LogP contribution in [0.3, 0.4) is 0 Å². The molecule has 0 aliphatic carbocycles. The Morgan fingerprint density at radius 3 is 2.47 bits per heavy atom. The Morgan fingerprint density at radius 1 is 1.29 bits per heavy atom. The molecule has 0 unspecified atom stereocenters. The second-order valence-electron chi connectivity index (χ2n) is 5.10. The van der Waals surface area contributed by atoms with Crippen LogP contribution in [0.1, 0.15) is 26.7 Å². The topological polar surface area (TPSA) is 62.4 Å². The first-order chi connectivity index (χ1) is 8.08. The molecule has 1 aliphatic rings. The normalized spacial score (nSPS) is 19.1. The molecule has 0 aromatic carbocycles. The summed E-state index contributed by atoms with van der Waals surface area (Å²) in [5.74, 6) is 0.474. The molecular weight excluding hydrogens is 218 g/mol. The van der Waals surface area contributed by atoms with Crippen molar-refractivity contribution < 1.29 is 9.53 Å². The Bertz CT molecular complexity index is 238. The Hall–Kier alpha value is -0.810. The average Bonchev–Trinajstić information content (AvgIpc) is 2.35. The second kappa shape index (κ2) is 6.81. The number of urea groups is 1. The number of hydrogen-bond donors (Lipinski definition) is 3. The van der Waals surface area contributed by atoms with Crippen LogP contribution < -0.4 is 16.0 Å². The molecule has 100 valence electrons. The van der Waals surface area contributed by atoms with Crippen LogP contribution in [-0.4, -0.2) is 44.9 Å². The number of rotatable bonds is 5. The standard InChI is InChI=1S/C12H25N3O2/c1-10(2)8-14-11(16)15-9-12(13-3)4-6-17-7-5-12/h10,13H,4-9H2,1-3H3,(H2,14,15,16). The van der Waals surface area contributed by atoms with Gasteiger partial charge in [-0.3, -0.25) is 0 Å². The van der Waals surface area contributed by atoms with Crippen molar-refractivity contribution in [3.05, 3.63) is 0 Å². The van der Waals surface area contributed by atoms with E-state index in [1.807, 2.05) is 7.05 Å². The van der Waals surface area contributed by atoms with Crippen LogP contribution in [-0.2, 0) is 4.74 Å². The largest absolute Gasteiger partial charge is 0.381 e. The fourth-order valence-corrected chi connectivity index (χ4v) is 1.89. The summed E-state index contributed by atoms with van der Waals surface area (Å²) in [7, 11) is 1.94. The molecule has 0 radical (unpaired) electrons. The highest BCUT2D eigenvalue weighted by Gasteiger charge is 2.30. The minimum absolute atomic E-state index is 0.00653. The molecule has 1 aliphatic heterocycles. The van der Waals surface area contributed by atoms with Gasteiger partial charge < -0.3 is 20.7 Å². The lowest BCUT2D eigenvalue weighted by Gasteiger charge is -2.37. The zero-order chi connectivity index (χ0) is 12.7. The summed E-state index contributed by atoms with van der Waals surface area (Å²) < 4.78 is 5.34. The van der Waals surface area contributed by atoms with Gasteiger partial charge in [0.2, 0.25) is 0 Å². The van der Waals surface area contributed by atoms with E-state index in [1.165, 1.54) is 0 Å². The lowest BCUT2D eigenvalue weighted by atomic mass is 9.90. The summed E-state index contributed by atoms with van der Waals surface area (Å²) in [6, 6.07) is -0.0835. The Morgan fingerprint density at radius 2 is 1.94 bits per heavy atom. The van der Waals surface area contributed by atoms with Gasteiger partial charge in [0.1, 0.15) is 0 Å². The first kappa shape index (κ1) is 14.3. The van der Waals surface area contributed by atoms with Crippen molar-refractivity contribution >= 4 is 6.03 Å². The van der Waals surface area contributed by atoms with Crippen molar-refractivity contribution in [1.29, 1.82) is 0 Å². The molecule has 17 heavy (non-hydrogen) atoms. The van der Waals surface area contributed by atoms with Crippen molar-refractivity contribution in [3.63, 3.8) is 0 Å². The van der Waals surface area contributed by atoms with Gasteiger partial charge in [0.15, 0.2) is 0 Å². The number of nitrogens with one attached hydrogen (secondary N) is 3. The first-order valence-electron chi connectivity index (χ1n) is 6.36. The van der Waals surface area contributed by atoms with Crippen LogP contribution in [0, 0.1) is 5.92 Å². The lowest BCUT2D eigenvalue weighted by Crippen LogP contribution is -2.56. The Labute approximate surface area is 104 Å². The van der Waals surface area contributed by atoms with Crippen molar-refractivity contribution in [2.75, 3.05) is 33.4 Å². The highest BCUT2D eigenvalue weighted by Crippen LogP contribution is 2.19. The van der Waals surface area contributed by atoms with Gasteiger partial charge in [-0.05, 0) is 25.8 Å². The van der Waals surface area contributed by atoms with E-state index in [9.17, 15) is 4.79 Å². The summed E-state index contributed by atoms with van der Waals surface area (Å²) in [5.41, 5.74) is -0.00653. The molecule has 2 amide bonds. The highest BCUT2D eigenvalue weighted by molar-refractivity contribution is 5.73. The molecule has 0 spiro atoms. The van der Waals surface area contributed by atoms with E-state index >= 15 is 0 Å². The number of ether oxygens (including phenoxy) is 1. The van der Waals surface area contributed by atoms with Crippen molar-refractivity contribution in [2.24, 2.45) is 5.92 Å². The van der Waals surface area contributed by atoms with Crippen LogP contribution >= 0.6 is 0 Å². The van der Waals surface area contributed by atoms with Gasteiger partial charge in [0, 0.05) is 31.8 Å². The van der Waals surface area contributed by atoms with E-state index in [0.717, 1.165) is 26.1 Å². The SMILES string of the molecule is CNC1(CNC(=O)NCC(C)C)CCOCC1. The average molecular weight is 243 g/mol. The molecule has 5 heteroatoms. The number of carbonyl (C=O) groups excluding carboxylic acids is 1. The maximum Gasteiger partial charge on any atom is 0.314 e. The van der Waals surface area contributed by atoms with Gasteiger partial charge in [0.05, 0.1) is 0 Å². The van der Waals surface area contributed by atoms with Gasteiger partial charge in [-0.1, -0.05) is 13.8 Å². The maximum atomic E-state index is 11.6. The predicted molar refractivity (Wildman–Crippen MR) is 68.1 cm³/mol. The summed E-state index contributed by atoms with van der Waals surface area (Å²) in [4.78, 5) is 11.6. The molecule has 0 aromatic heterocycles. The van der Waals surface area contributed by atoms with Crippen LogP contribution in [0.2, 0.25) is 0 Å². The van der Waals surface area contributed by atoms with E-state index in [4.69, 9.17) is 4.74 Å². The molecule has 0 bridgehead atoms. The fraction of sp³-hybridized carbons (Fsp3) is 0.917. The Balaban J connectivity index is 2.29. The van der Waals surface area contributed by atoms with Gasteiger partial charge in [-0.25, -0.2) is 4.79 Å². The van der Waals surface area contributed by atoms with Crippen molar-refractivity contribution in [2.45, 2.75) is 32.2 Å². The van der Waals surface area contributed by atoms with Gasteiger partial charge in [-0.2, -0.15) is 0 Å². The van der Waals surface area contributed by atoms with Gasteiger partial charge in [0.25, 0.3) is 0 Å². The molecule has 1 heterocycles. The number of hydrogen-bond acceptors (Lipinski definition) is 3. The molecule has 1 fully saturated rings. The van der Waals surface area contributed by atoms with Gasteiger partial charge >= 0.3 is 6.03 Å². The molecule has 0 aromatic rings. The molecule has 5 nitrogen and oxygen atoms in total. The third kappa shape index (κ3) is 4.91. The summed E-state index contributed by atoms with van der Waals surface area (Å²) in [6.45, 7) is 7.03. The highest BCUT2D eigenvalue weighted by atomic mass is 16.5. The van der Waals surface area contributed by atoms with Crippen LogP contribution in [0.5, 0.6) is 0 Å². The summed E-state index contributed by atoms with van der Waals surface area (Å²) in [6.07, 6.45) is 1.88. The minimum atomic E-state index is -0.0835. The summed E-state index contributed by atoms with van der Waals surface area (Å²) in [5, 5.41) is 9.10. The number of likely N-dealkylation sites (N-methyl/N-ethyl adjacent to an activating group) is 1. The minimum Gasteiger partial charge on any atom is -0.381 e. The smallest absolute Gasteiger partial charge is 0.314 e. The van der Waals surface area contributed by atoms with E-state index in [2.05, 4.69) is 29.8 Å². The summed E-state index contributed by atoms with van der Waals surface area (Å²) >= 11 is 0. The van der Waals surface area contributed by atoms with Crippen LogP contribution in [0.25, 0.3) is 0 Å². The van der Waals surface area contributed by atoms with Gasteiger partial charge in [-0.15, -0.1) is 0 Å². The van der Waals surface area contributed by atoms with Crippen LogP contribution in [0.15, 0.2) is 0 Å². The molecule has 3 N–H and O–H groups in total. The second-order valence-corrected chi connectivity index (χ2v) is 5.10. The molecule has 1 saturated heterocycles. The predicted octanol–water partition coefficient (Wildman–Crippen LogP) is 0.710. The number of carbonyl (C=O) groups is 1. The first-order valence-corrected chi connectivity index (χ1v) is 6.36. The quantitative estimate of drug-likeness (QED) is 0.666. The van der Waals surface area contributed by atoms with E-state index in [1.54, 1.807) is 0 Å². The van der Waals surface area contributed by atoms with E-state index < -0.39 is 0 Å². The molecular formula is C12H25N3O2. The third-order valence-electron chi connectivity index (χ3n) is 3.24. The monoisotopic (exact) mass is 243 g/mol. The van der Waals surface area contributed by atoms with Crippen molar-refractivity contribution in [3.8, 4) is 0 Å². The van der Waals surface area contributed by atoms with E-state index in [0.29, 0.717) is 19.0 Å². The molecule has 0 saturated carbocycles. The van der Waals surface area contributed by atoms with Crippen LogP contribution in [0.4, 0.5) is 4.79 Å². The lowest BCUT2D eigenvalue weighted by molar-refractivity contribution is 0.0421. The number of amides is 2.